The molecular weight excluding hydrogens is 374 g/mol. The molecule has 1 heterocycles. The molecule has 11 nitrogen and oxygen atoms in total. The molecule has 11 heteroatoms. The molecule has 0 saturated carbocycles. The molecule has 1 aromatic heterocycles. The Morgan fingerprint density at radius 1 is 1.14 bits per heavy atom. The number of aliphatic carboxylic acids is 2. The van der Waals surface area contributed by atoms with Gasteiger partial charge in [-0.2, -0.15) is 0 Å². The predicted molar refractivity (Wildman–Crippen MR) is 93.2 cm³/mol. The normalized spacial score (nSPS) is 11.3. The van der Waals surface area contributed by atoms with Crippen LogP contribution in [0.25, 0.3) is 0 Å². The second-order valence-corrected chi connectivity index (χ2v) is 5.49. The average Bonchev–Trinajstić information content (AvgIpc) is 2.65. The average molecular weight is 389 g/mol. The van der Waals surface area contributed by atoms with Gasteiger partial charge in [-0.15, -0.1) is 0 Å². The molecule has 1 amide bonds. The lowest BCUT2D eigenvalue weighted by molar-refractivity contribution is -0.386. The number of pyridine rings is 1. The van der Waals surface area contributed by atoms with Crippen molar-refractivity contribution >= 4 is 23.5 Å². The van der Waals surface area contributed by atoms with Crippen molar-refractivity contribution in [2.24, 2.45) is 0 Å². The van der Waals surface area contributed by atoms with Crippen LogP contribution in [-0.4, -0.2) is 44.0 Å². The Morgan fingerprint density at radius 2 is 1.82 bits per heavy atom. The van der Waals surface area contributed by atoms with E-state index in [9.17, 15) is 24.5 Å². The van der Waals surface area contributed by atoms with E-state index in [0.717, 1.165) is 12.1 Å². The van der Waals surface area contributed by atoms with Crippen LogP contribution in [0, 0.1) is 10.1 Å². The van der Waals surface area contributed by atoms with E-state index < -0.39 is 46.8 Å². The van der Waals surface area contributed by atoms with Crippen LogP contribution in [0.2, 0.25) is 0 Å². The molecule has 0 aliphatic rings. The third-order valence-electron chi connectivity index (χ3n) is 3.48. The zero-order chi connectivity index (χ0) is 20.7. The van der Waals surface area contributed by atoms with Gasteiger partial charge >= 0.3 is 17.6 Å². The number of rotatable bonds is 9. The summed E-state index contributed by atoms with van der Waals surface area (Å²) in [6.45, 7) is 0. The second kappa shape index (κ2) is 9.07. The molecular formula is C17H15N3O8. The number of nitro groups is 1. The highest BCUT2D eigenvalue weighted by Gasteiger charge is 2.25. The number of hydrogen-bond acceptors (Lipinski definition) is 7. The van der Waals surface area contributed by atoms with Gasteiger partial charge in [0.1, 0.15) is 17.5 Å². The third kappa shape index (κ3) is 5.49. The topological polar surface area (TPSA) is 169 Å². The number of carboxylic acids is 2. The first-order valence-corrected chi connectivity index (χ1v) is 7.91. The maximum atomic E-state index is 12.3. The molecule has 1 atom stereocenters. The summed E-state index contributed by atoms with van der Waals surface area (Å²) in [5.41, 5.74) is -0.806. The Kier molecular flexibility index (Phi) is 6.58. The molecule has 1 unspecified atom stereocenters. The maximum Gasteiger partial charge on any atom is 0.331 e. The van der Waals surface area contributed by atoms with Crippen molar-refractivity contribution in [3.05, 3.63) is 58.3 Å². The monoisotopic (exact) mass is 389 g/mol. The van der Waals surface area contributed by atoms with Crippen molar-refractivity contribution in [1.29, 1.82) is 0 Å². The molecule has 2 rings (SSSR count). The highest BCUT2D eigenvalue weighted by molar-refractivity contribution is 5.95. The van der Waals surface area contributed by atoms with Gasteiger partial charge in [0.25, 0.3) is 11.8 Å². The van der Waals surface area contributed by atoms with Crippen LogP contribution in [0.4, 0.5) is 5.69 Å². The van der Waals surface area contributed by atoms with E-state index in [-0.39, 0.29) is 17.9 Å². The Labute approximate surface area is 157 Å². The lowest BCUT2D eigenvalue weighted by Crippen LogP contribution is -2.41. The molecule has 3 N–H and O–H groups in total. The summed E-state index contributed by atoms with van der Waals surface area (Å²) in [7, 11) is 0. The van der Waals surface area contributed by atoms with E-state index in [2.05, 4.69) is 10.3 Å². The van der Waals surface area contributed by atoms with Crippen LogP contribution in [0.1, 0.15) is 23.3 Å². The zero-order valence-electron chi connectivity index (χ0n) is 14.3. The van der Waals surface area contributed by atoms with Crippen molar-refractivity contribution in [2.45, 2.75) is 18.9 Å². The Bertz CT molecular complexity index is 901. The summed E-state index contributed by atoms with van der Waals surface area (Å²) >= 11 is 0. The van der Waals surface area contributed by atoms with Gasteiger partial charge in [0, 0.05) is 12.5 Å². The van der Waals surface area contributed by atoms with E-state index in [1.165, 1.54) is 12.1 Å². The highest BCUT2D eigenvalue weighted by Crippen LogP contribution is 2.29. The molecule has 0 spiro atoms. The smallest absolute Gasteiger partial charge is 0.331 e. The summed E-state index contributed by atoms with van der Waals surface area (Å²) in [6.07, 6.45) is -0.802. The van der Waals surface area contributed by atoms with Gasteiger partial charge < -0.3 is 20.3 Å². The fourth-order valence-corrected chi connectivity index (χ4v) is 2.13. The number of benzene rings is 1. The SMILES string of the molecule is O=C(O)CCC(NC(=O)c1ccc([N+](=O)[O-])c(Oc2ccccc2)n1)C(=O)O. The molecule has 0 aliphatic carbocycles. The predicted octanol–water partition coefficient (Wildman–Crippen LogP) is 1.83. The molecule has 0 bridgehead atoms. The van der Waals surface area contributed by atoms with Crippen LogP contribution in [0.15, 0.2) is 42.5 Å². The third-order valence-corrected chi connectivity index (χ3v) is 3.48. The number of carboxylic acid groups (broad SMARTS) is 2. The van der Waals surface area contributed by atoms with Gasteiger partial charge in [-0.05, 0) is 24.6 Å². The quantitative estimate of drug-likeness (QED) is 0.427. The lowest BCUT2D eigenvalue weighted by atomic mass is 10.1. The summed E-state index contributed by atoms with van der Waals surface area (Å²) in [4.78, 5) is 48.3. The lowest BCUT2D eigenvalue weighted by Gasteiger charge is -2.13. The molecule has 2 aromatic rings. The number of para-hydroxylation sites is 1. The van der Waals surface area contributed by atoms with E-state index in [0.29, 0.717) is 0 Å². The summed E-state index contributed by atoms with van der Waals surface area (Å²) in [5.74, 6) is -3.77. The number of aromatic nitrogens is 1. The molecule has 0 aliphatic heterocycles. The first-order valence-electron chi connectivity index (χ1n) is 7.91. The number of nitrogens with one attached hydrogen (secondary N) is 1. The molecule has 0 saturated heterocycles. The van der Waals surface area contributed by atoms with Crippen LogP contribution in [0.5, 0.6) is 11.6 Å². The minimum Gasteiger partial charge on any atom is -0.481 e. The first-order chi connectivity index (χ1) is 13.3. The van der Waals surface area contributed by atoms with Crippen LogP contribution < -0.4 is 10.1 Å². The number of nitrogens with zero attached hydrogens (tertiary/aromatic N) is 2. The number of amides is 1. The Hall–Kier alpha value is -4.02. The maximum absolute atomic E-state index is 12.3. The number of ether oxygens (including phenoxy) is 1. The Morgan fingerprint density at radius 3 is 2.39 bits per heavy atom. The van der Waals surface area contributed by atoms with Crippen molar-refractivity contribution in [2.75, 3.05) is 0 Å². The van der Waals surface area contributed by atoms with Crippen molar-refractivity contribution in [1.82, 2.24) is 10.3 Å². The fraction of sp³-hybridized carbons (Fsp3) is 0.176. The van der Waals surface area contributed by atoms with E-state index in [1.807, 2.05) is 0 Å². The number of carbonyl (C=O) groups excluding carboxylic acids is 1. The zero-order valence-corrected chi connectivity index (χ0v) is 14.3. The standard InChI is InChI=1S/C17H15N3O8/c21-14(22)9-7-12(17(24)25)18-15(23)11-6-8-13(20(26)27)16(19-11)28-10-4-2-1-3-5-10/h1-6,8,12H,7,9H2,(H,18,23)(H,21,22)(H,24,25). The number of hydrogen-bond donors (Lipinski definition) is 3. The minimum absolute atomic E-state index is 0.250. The minimum atomic E-state index is -1.46. The van der Waals surface area contributed by atoms with Gasteiger partial charge in [-0.1, -0.05) is 18.2 Å². The van der Waals surface area contributed by atoms with Crippen molar-refractivity contribution < 1.29 is 34.3 Å². The van der Waals surface area contributed by atoms with Crippen LogP contribution in [0.3, 0.4) is 0 Å². The van der Waals surface area contributed by atoms with Crippen LogP contribution in [-0.2, 0) is 9.59 Å². The number of carbonyl (C=O) groups is 3. The van der Waals surface area contributed by atoms with E-state index in [1.54, 1.807) is 18.2 Å². The van der Waals surface area contributed by atoms with Gasteiger partial charge in [0.05, 0.1) is 4.92 Å². The van der Waals surface area contributed by atoms with Gasteiger partial charge in [0.2, 0.25) is 0 Å². The summed E-state index contributed by atoms with van der Waals surface area (Å²) in [5, 5.41) is 31.1. The molecule has 0 fully saturated rings. The van der Waals surface area contributed by atoms with Crippen molar-refractivity contribution in [3.63, 3.8) is 0 Å². The fourth-order valence-electron chi connectivity index (χ4n) is 2.13. The first kappa shape index (κ1) is 20.3. The van der Waals surface area contributed by atoms with E-state index >= 15 is 0 Å². The van der Waals surface area contributed by atoms with E-state index in [4.69, 9.17) is 14.9 Å². The highest BCUT2D eigenvalue weighted by atomic mass is 16.6. The van der Waals surface area contributed by atoms with Crippen LogP contribution >= 0.6 is 0 Å². The van der Waals surface area contributed by atoms with Gasteiger partial charge in [-0.3, -0.25) is 19.7 Å². The molecule has 28 heavy (non-hydrogen) atoms. The second-order valence-electron chi connectivity index (χ2n) is 5.49. The van der Waals surface area contributed by atoms with Gasteiger partial charge in [-0.25, -0.2) is 9.78 Å². The molecule has 146 valence electrons. The molecule has 0 radical (unpaired) electrons. The summed E-state index contributed by atoms with van der Waals surface area (Å²) < 4.78 is 5.37. The largest absolute Gasteiger partial charge is 0.481 e. The summed E-state index contributed by atoms with van der Waals surface area (Å²) in [6, 6.07) is 8.64. The van der Waals surface area contributed by atoms with Gasteiger partial charge in [0.15, 0.2) is 0 Å². The molecule has 1 aromatic carbocycles. The van der Waals surface area contributed by atoms with Crippen molar-refractivity contribution in [3.8, 4) is 11.6 Å². The Balaban J connectivity index is 2.25.